The van der Waals surface area contributed by atoms with Crippen molar-refractivity contribution in [3.8, 4) is 0 Å². The van der Waals surface area contributed by atoms with Crippen LogP contribution in [0.5, 0.6) is 0 Å². The molecule has 8 fully saturated rings. The zero-order valence-corrected chi connectivity index (χ0v) is 46.1. The standard InChI is InChI=1S/C54H86O25/c1-22-30(57)33(60)36(63)44(72-22)74-38-37(64)39(78-53(70)41(65)34(61)31(58)25(20-55)76-53)45(75-40(38)43(67)68)73-29-12-13-49(6)27(48(29,4)5)11-14-51(8)28(49)10-9-23-24-19-47(2,3)15-17-52(24,18-16-50(23,51)7)46(69)79-54(71)42(66)35(62)32(59)26(21-56)77-54/h9,22,24-42,44-45,55-66,70-71H,10-21H2,1-8H3,(H,67,68). The molecule has 28 unspecified atom stereocenters. The molecular weight excluding hydrogens is 1050 g/mol. The summed E-state index contributed by atoms with van der Waals surface area (Å²) in [6, 6.07) is 0. The fourth-order valence-electron chi connectivity index (χ4n) is 16.5. The normalized spacial score (nSPS) is 54.2. The van der Waals surface area contributed by atoms with Crippen LogP contribution in [0.4, 0.5) is 0 Å². The maximum absolute atomic E-state index is 14.8. The highest BCUT2D eigenvalue weighted by atomic mass is 16.9. The van der Waals surface area contributed by atoms with Crippen LogP contribution in [0, 0.1) is 50.2 Å². The third-order valence-corrected chi connectivity index (χ3v) is 21.5. The quantitative estimate of drug-likeness (QED) is 0.0449. The van der Waals surface area contributed by atoms with E-state index in [0.29, 0.717) is 57.8 Å². The fraction of sp³-hybridized carbons (Fsp3) is 0.926. The topological polar surface area (TPSA) is 411 Å². The molecule has 0 spiro atoms. The molecule has 4 aliphatic heterocycles. The van der Waals surface area contributed by atoms with Crippen LogP contribution in [0.2, 0.25) is 0 Å². The third kappa shape index (κ3) is 9.67. The first kappa shape index (κ1) is 61.4. The zero-order valence-electron chi connectivity index (χ0n) is 46.1. The van der Waals surface area contributed by atoms with E-state index in [1.807, 2.05) is 13.8 Å². The molecule has 0 aromatic rings. The Bertz CT molecular complexity index is 2280. The number of carboxylic acid groups (broad SMARTS) is 1. The van der Waals surface area contributed by atoms with Gasteiger partial charge >= 0.3 is 23.9 Å². The van der Waals surface area contributed by atoms with E-state index in [1.54, 1.807) is 0 Å². The third-order valence-electron chi connectivity index (χ3n) is 21.5. The summed E-state index contributed by atoms with van der Waals surface area (Å²) in [6.07, 6.45) is -27.7. The van der Waals surface area contributed by atoms with Crippen LogP contribution in [0.15, 0.2) is 11.6 Å². The van der Waals surface area contributed by atoms with Gasteiger partial charge in [-0.2, -0.15) is 0 Å². The number of carbonyl (C=O) groups is 2. The number of carboxylic acids is 1. The van der Waals surface area contributed by atoms with E-state index >= 15 is 0 Å². The van der Waals surface area contributed by atoms with Crippen LogP contribution >= 0.6 is 0 Å². The SMILES string of the molecule is CC1OC(OC2C(C(=O)O)OC(OC3CCC4(C)C(CCC5(C)C4CC=C4C6CC(C)(C)CCC6(C(=O)OC6(O)OC(CO)C(O)C(O)C6O)CCC45C)C3(C)C)C(OC3(O)OC(CO)C(O)C(O)C3O)C2O)C(O)C(O)C1O. The van der Waals surface area contributed by atoms with Crippen molar-refractivity contribution in [1.29, 1.82) is 0 Å². The Balaban J connectivity index is 1.00. The number of aliphatic carboxylic acids is 1. The summed E-state index contributed by atoms with van der Waals surface area (Å²) in [5.41, 5.74) is -2.19. The molecule has 25 nitrogen and oxygen atoms in total. The van der Waals surface area contributed by atoms with Gasteiger partial charge in [-0.3, -0.25) is 4.79 Å². The van der Waals surface area contributed by atoms with E-state index < -0.39 is 170 Å². The molecule has 4 saturated heterocycles. The van der Waals surface area contributed by atoms with Crippen molar-refractivity contribution < 1.29 is 124 Å². The minimum atomic E-state index is -3.32. The second-order valence-electron chi connectivity index (χ2n) is 26.7. The van der Waals surface area contributed by atoms with Crippen molar-refractivity contribution in [2.24, 2.45) is 50.2 Å². The largest absolute Gasteiger partial charge is 0.479 e. The van der Waals surface area contributed by atoms with Crippen LogP contribution < -0.4 is 0 Å². The van der Waals surface area contributed by atoms with Gasteiger partial charge < -0.3 is 114 Å². The van der Waals surface area contributed by atoms with E-state index in [4.69, 9.17) is 37.9 Å². The predicted molar refractivity (Wildman–Crippen MR) is 264 cm³/mol. The van der Waals surface area contributed by atoms with Crippen LogP contribution in [0.1, 0.15) is 120 Å². The summed E-state index contributed by atoms with van der Waals surface area (Å²) >= 11 is 0. The summed E-state index contributed by atoms with van der Waals surface area (Å²) in [5.74, 6) is -9.26. The molecule has 5 aliphatic carbocycles. The van der Waals surface area contributed by atoms with Gasteiger partial charge in [-0.1, -0.05) is 60.1 Å². The Morgan fingerprint density at radius 1 is 0.633 bits per heavy atom. The van der Waals surface area contributed by atoms with Gasteiger partial charge in [0.15, 0.2) is 30.9 Å². The second-order valence-corrected chi connectivity index (χ2v) is 26.7. The van der Waals surface area contributed by atoms with E-state index in [1.165, 1.54) is 6.92 Å². The van der Waals surface area contributed by atoms with Gasteiger partial charge in [0.2, 0.25) is 0 Å². The summed E-state index contributed by atoms with van der Waals surface area (Å²) in [7, 11) is 0. The van der Waals surface area contributed by atoms with Gasteiger partial charge in [0.05, 0.1) is 30.8 Å². The van der Waals surface area contributed by atoms with Crippen molar-refractivity contribution in [3.63, 3.8) is 0 Å². The number of ether oxygens (including phenoxy) is 8. The molecule has 0 radical (unpaired) electrons. The summed E-state index contributed by atoms with van der Waals surface area (Å²) in [5, 5.41) is 162. The molecule has 4 saturated carbocycles. The van der Waals surface area contributed by atoms with Crippen molar-refractivity contribution in [3.05, 3.63) is 11.6 Å². The molecule has 0 bridgehead atoms. The van der Waals surface area contributed by atoms with E-state index in [2.05, 4.69) is 40.7 Å². The molecule has 0 aromatic heterocycles. The van der Waals surface area contributed by atoms with Crippen molar-refractivity contribution >= 4 is 11.9 Å². The molecule has 79 heavy (non-hydrogen) atoms. The second kappa shape index (κ2) is 21.1. The highest BCUT2D eigenvalue weighted by Gasteiger charge is 2.71. The molecule has 9 aliphatic rings. The van der Waals surface area contributed by atoms with Crippen molar-refractivity contribution in [1.82, 2.24) is 0 Å². The van der Waals surface area contributed by atoms with Gasteiger partial charge in [-0.05, 0) is 116 Å². The van der Waals surface area contributed by atoms with Crippen LogP contribution in [0.3, 0.4) is 0 Å². The van der Waals surface area contributed by atoms with Gasteiger partial charge in [0, 0.05) is 0 Å². The van der Waals surface area contributed by atoms with Gasteiger partial charge in [0.25, 0.3) is 0 Å². The van der Waals surface area contributed by atoms with Crippen molar-refractivity contribution in [2.45, 2.75) is 248 Å². The molecule has 28 atom stereocenters. The highest BCUT2D eigenvalue weighted by Crippen LogP contribution is 2.76. The number of fused-ring (bicyclic) bond motifs is 7. The molecule has 0 aromatic carbocycles. The summed E-state index contributed by atoms with van der Waals surface area (Å²) in [6.45, 7) is 14.7. The minimum absolute atomic E-state index is 0.0666. The molecule has 25 heteroatoms. The van der Waals surface area contributed by atoms with Crippen LogP contribution in [-0.4, -0.2) is 230 Å². The first-order chi connectivity index (χ1) is 36.6. The van der Waals surface area contributed by atoms with Gasteiger partial charge in [0.1, 0.15) is 73.2 Å². The maximum atomic E-state index is 14.8. The average Bonchev–Trinajstić information content (AvgIpc) is 3.46. The average molecular weight is 1140 g/mol. The lowest BCUT2D eigenvalue weighted by molar-refractivity contribution is -0.481. The fourth-order valence-corrected chi connectivity index (χ4v) is 16.5. The minimum Gasteiger partial charge on any atom is -0.479 e. The Kier molecular flexibility index (Phi) is 16.4. The lowest BCUT2D eigenvalue weighted by Crippen LogP contribution is -2.71. The van der Waals surface area contributed by atoms with E-state index in [9.17, 15) is 86.2 Å². The number of hydrogen-bond acceptors (Lipinski definition) is 24. The summed E-state index contributed by atoms with van der Waals surface area (Å²) in [4.78, 5) is 27.9. The molecular formula is C54H86O25. The number of carbonyl (C=O) groups excluding carboxylic acids is 1. The number of rotatable bonds is 11. The number of allylic oxidation sites excluding steroid dienone is 2. The maximum Gasteiger partial charge on any atom is 0.357 e. The van der Waals surface area contributed by atoms with E-state index in [0.717, 1.165) is 12.0 Å². The number of hydrogen-bond donors (Lipinski definition) is 15. The Morgan fingerprint density at radius 2 is 1.23 bits per heavy atom. The van der Waals surface area contributed by atoms with Crippen molar-refractivity contribution in [2.75, 3.05) is 13.2 Å². The van der Waals surface area contributed by atoms with Gasteiger partial charge in [-0.25, -0.2) is 4.79 Å². The molecule has 4 heterocycles. The summed E-state index contributed by atoms with van der Waals surface area (Å²) < 4.78 is 46.7. The number of esters is 1. The first-order valence-electron chi connectivity index (χ1n) is 27.9. The zero-order chi connectivity index (χ0) is 58.3. The molecule has 0 amide bonds. The Labute approximate surface area is 457 Å². The Morgan fingerprint density at radius 3 is 1.84 bits per heavy atom. The molecule has 452 valence electrons. The number of aliphatic hydroxyl groups excluding tert-OH is 12. The van der Waals surface area contributed by atoms with Crippen LogP contribution in [0.25, 0.3) is 0 Å². The van der Waals surface area contributed by atoms with E-state index in [-0.39, 0.29) is 34.0 Å². The lowest BCUT2D eigenvalue weighted by Gasteiger charge is -2.71. The molecule has 9 rings (SSSR count). The molecule has 15 N–H and O–H groups in total. The van der Waals surface area contributed by atoms with Crippen LogP contribution in [-0.2, 0) is 47.5 Å². The Hall–Kier alpha value is -2.16. The lowest BCUT2D eigenvalue weighted by atomic mass is 9.33. The smallest absolute Gasteiger partial charge is 0.357 e. The monoisotopic (exact) mass is 1130 g/mol. The van der Waals surface area contributed by atoms with Gasteiger partial charge in [-0.15, -0.1) is 0 Å². The highest BCUT2D eigenvalue weighted by molar-refractivity contribution is 5.79. The first-order valence-corrected chi connectivity index (χ1v) is 27.9. The number of aliphatic hydroxyl groups is 14. The predicted octanol–water partition coefficient (Wildman–Crippen LogP) is -2.28.